The monoisotopic (exact) mass is 377 g/mol. The summed E-state index contributed by atoms with van der Waals surface area (Å²) in [6.45, 7) is 1.60. The molecule has 144 valence electrons. The lowest BCUT2D eigenvalue weighted by atomic mass is 10.1. The highest BCUT2D eigenvalue weighted by atomic mass is 16.2. The number of hydrogen-bond donors (Lipinski definition) is 3. The standard InChI is InChI=1S/C22H23N3O3/c1-15(23-20(26)13-10-16-6-3-2-4-7-16)21(27)25-19-9-5-8-17(14-19)22(28)24-18-11-12-18/h2-10,13-15,18H,11-12H2,1H3,(H,23,26)(H,24,28)(H,25,27)/b13-10+. The summed E-state index contributed by atoms with van der Waals surface area (Å²) >= 11 is 0. The zero-order chi connectivity index (χ0) is 19.9. The van der Waals surface area contributed by atoms with E-state index >= 15 is 0 Å². The van der Waals surface area contributed by atoms with Gasteiger partial charge in [0.05, 0.1) is 0 Å². The Labute approximate surface area is 164 Å². The summed E-state index contributed by atoms with van der Waals surface area (Å²) in [5.74, 6) is -0.865. The molecule has 1 saturated carbocycles. The summed E-state index contributed by atoms with van der Waals surface area (Å²) in [5.41, 5.74) is 1.90. The Morgan fingerprint density at radius 1 is 1.04 bits per heavy atom. The van der Waals surface area contributed by atoms with Gasteiger partial charge in [0.2, 0.25) is 11.8 Å². The van der Waals surface area contributed by atoms with E-state index in [0.717, 1.165) is 18.4 Å². The van der Waals surface area contributed by atoms with Crippen LogP contribution in [0.4, 0.5) is 5.69 Å². The van der Waals surface area contributed by atoms with Crippen LogP contribution in [-0.4, -0.2) is 29.8 Å². The second-order valence-electron chi connectivity index (χ2n) is 6.79. The lowest BCUT2D eigenvalue weighted by molar-refractivity contribution is -0.123. The zero-order valence-electron chi connectivity index (χ0n) is 15.6. The van der Waals surface area contributed by atoms with Crippen molar-refractivity contribution in [3.8, 4) is 0 Å². The highest BCUT2D eigenvalue weighted by molar-refractivity contribution is 6.01. The average molecular weight is 377 g/mol. The van der Waals surface area contributed by atoms with E-state index in [0.29, 0.717) is 11.3 Å². The van der Waals surface area contributed by atoms with E-state index in [9.17, 15) is 14.4 Å². The normalized spacial score (nSPS) is 14.3. The maximum atomic E-state index is 12.3. The molecule has 28 heavy (non-hydrogen) atoms. The van der Waals surface area contributed by atoms with Crippen molar-refractivity contribution in [1.29, 1.82) is 0 Å². The summed E-state index contributed by atoms with van der Waals surface area (Å²) < 4.78 is 0. The lowest BCUT2D eigenvalue weighted by Crippen LogP contribution is -2.40. The summed E-state index contributed by atoms with van der Waals surface area (Å²) in [5, 5.41) is 8.26. The van der Waals surface area contributed by atoms with Crippen LogP contribution in [0.1, 0.15) is 35.7 Å². The van der Waals surface area contributed by atoms with Crippen LogP contribution in [0.15, 0.2) is 60.7 Å². The van der Waals surface area contributed by atoms with Gasteiger partial charge >= 0.3 is 0 Å². The molecular formula is C22H23N3O3. The molecule has 6 nitrogen and oxygen atoms in total. The first-order valence-corrected chi connectivity index (χ1v) is 9.26. The first-order valence-electron chi connectivity index (χ1n) is 9.26. The first kappa shape index (κ1) is 19.4. The van der Waals surface area contributed by atoms with Gasteiger partial charge in [-0.2, -0.15) is 0 Å². The predicted molar refractivity (Wildman–Crippen MR) is 109 cm³/mol. The SMILES string of the molecule is CC(NC(=O)/C=C/c1ccccc1)C(=O)Nc1cccc(C(=O)NC2CC2)c1. The lowest BCUT2D eigenvalue weighted by Gasteiger charge is -2.13. The molecule has 3 amide bonds. The highest BCUT2D eigenvalue weighted by Gasteiger charge is 2.24. The summed E-state index contributed by atoms with van der Waals surface area (Å²) in [4.78, 5) is 36.5. The van der Waals surface area contributed by atoms with Crippen LogP contribution >= 0.6 is 0 Å². The van der Waals surface area contributed by atoms with Crippen LogP contribution in [0.2, 0.25) is 0 Å². The fraction of sp³-hybridized carbons (Fsp3) is 0.227. The van der Waals surface area contributed by atoms with Crippen molar-refractivity contribution in [1.82, 2.24) is 10.6 Å². The Balaban J connectivity index is 1.52. The molecule has 1 aliphatic carbocycles. The van der Waals surface area contributed by atoms with Crippen LogP contribution in [-0.2, 0) is 9.59 Å². The van der Waals surface area contributed by atoms with Crippen LogP contribution < -0.4 is 16.0 Å². The van der Waals surface area contributed by atoms with E-state index in [1.165, 1.54) is 6.08 Å². The minimum absolute atomic E-state index is 0.147. The number of carbonyl (C=O) groups excluding carboxylic acids is 3. The number of hydrogen-bond acceptors (Lipinski definition) is 3. The molecule has 2 aromatic carbocycles. The van der Waals surface area contributed by atoms with Gasteiger partial charge in [0.25, 0.3) is 5.91 Å². The molecule has 0 heterocycles. The maximum absolute atomic E-state index is 12.3. The number of rotatable bonds is 7. The van der Waals surface area contributed by atoms with E-state index in [4.69, 9.17) is 0 Å². The Morgan fingerprint density at radius 3 is 2.50 bits per heavy atom. The first-order chi connectivity index (χ1) is 13.5. The zero-order valence-corrected chi connectivity index (χ0v) is 15.6. The van der Waals surface area contributed by atoms with E-state index < -0.39 is 6.04 Å². The molecule has 1 atom stereocenters. The Hall–Kier alpha value is -3.41. The molecule has 0 radical (unpaired) electrons. The molecule has 1 unspecified atom stereocenters. The van der Waals surface area contributed by atoms with Gasteiger partial charge in [-0.05, 0) is 49.6 Å². The fourth-order valence-corrected chi connectivity index (χ4v) is 2.55. The van der Waals surface area contributed by atoms with Gasteiger partial charge in [-0.25, -0.2) is 0 Å². The van der Waals surface area contributed by atoms with Crippen molar-refractivity contribution in [3.05, 3.63) is 71.8 Å². The van der Waals surface area contributed by atoms with Gasteiger partial charge < -0.3 is 16.0 Å². The van der Waals surface area contributed by atoms with E-state index in [1.54, 1.807) is 37.3 Å². The highest BCUT2D eigenvalue weighted by Crippen LogP contribution is 2.20. The third-order valence-electron chi connectivity index (χ3n) is 4.28. The summed E-state index contributed by atoms with van der Waals surface area (Å²) in [6.07, 6.45) is 5.10. The summed E-state index contributed by atoms with van der Waals surface area (Å²) in [7, 11) is 0. The van der Waals surface area contributed by atoms with Gasteiger partial charge in [0.1, 0.15) is 6.04 Å². The number of nitrogens with one attached hydrogen (secondary N) is 3. The van der Waals surface area contributed by atoms with Crippen molar-refractivity contribution < 1.29 is 14.4 Å². The van der Waals surface area contributed by atoms with Crippen LogP contribution in [0.25, 0.3) is 6.08 Å². The fourth-order valence-electron chi connectivity index (χ4n) is 2.55. The average Bonchev–Trinajstić information content (AvgIpc) is 3.51. The smallest absolute Gasteiger partial charge is 0.251 e. The second kappa shape index (κ2) is 8.99. The largest absolute Gasteiger partial charge is 0.349 e. The third kappa shape index (κ3) is 5.81. The van der Waals surface area contributed by atoms with Crippen LogP contribution in [0, 0.1) is 0 Å². The predicted octanol–water partition coefficient (Wildman–Crippen LogP) is 2.74. The second-order valence-corrected chi connectivity index (χ2v) is 6.79. The van der Waals surface area contributed by atoms with Crippen molar-refractivity contribution in [2.24, 2.45) is 0 Å². The minimum atomic E-state index is -0.725. The number of anilines is 1. The van der Waals surface area contributed by atoms with Crippen LogP contribution in [0.5, 0.6) is 0 Å². The molecule has 0 aromatic heterocycles. The molecule has 6 heteroatoms. The van der Waals surface area contributed by atoms with E-state index in [2.05, 4.69) is 16.0 Å². The van der Waals surface area contributed by atoms with Crippen LogP contribution in [0.3, 0.4) is 0 Å². The molecule has 0 spiro atoms. The maximum Gasteiger partial charge on any atom is 0.251 e. The van der Waals surface area contributed by atoms with Gasteiger partial charge in [0, 0.05) is 23.4 Å². The van der Waals surface area contributed by atoms with Gasteiger partial charge in [-0.1, -0.05) is 36.4 Å². The molecule has 1 fully saturated rings. The third-order valence-corrected chi connectivity index (χ3v) is 4.28. The molecule has 3 rings (SSSR count). The molecule has 3 N–H and O–H groups in total. The topological polar surface area (TPSA) is 87.3 Å². The summed E-state index contributed by atoms with van der Waals surface area (Å²) in [6, 6.07) is 15.7. The van der Waals surface area contributed by atoms with Gasteiger partial charge in [-0.15, -0.1) is 0 Å². The minimum Gasteiger partial charge on any atom is -0.349 e. The Kier molecular flexibility index (Phi) is 6.22. The molecule has 0 saturated heterocycles. The molecule has 2 aromatic rings. The van der Waals surface area contributed by atoms with Gasteiger partial charge in [-0.3, -0.25) is 14.4 Å². The number of amides is 3. The molecule has 0 aliphatic heterocycles. The Morgan fingerprint density at radius 2 is 1.79 bits per heavy atom. The van der Waals surface area contributed by atoms with Crippen molar-refractivity contribution in [3.63, 3.8) is 0 Å². The van der Waals surface area contributed by atoms with Crippen molar-refractivity contribution in [2.45, 2.75) is 31.8 Å². The van der Waals surface area contributed by atoms with Crippen molar-refractivity contribution >= 4 is 29.5 Å². The van der Waals surface area contributed by atoms with E-state index in [1.807, 2.05) is 30.3 Å². The van der Waals surface area contributed by atoms with Crippen molar-refractivity contribution in [2.75, 3.05) is 5.32 Å². The Bertz CT molecular complexity index is 889. The van der Waals surface area contributed by atoms with Gasteiger partial charge in [0.15, 0.2) is 0 Å². The number of benzene rings is 2. The number of carbonyl (C=O) groups is 3. The molecule has 1 aliphatic rings. The van der Waals surface area contributed by atoms with E-state index in [-0.39, 0.29) is 23.8 Å². The molecule has 0 bridgehead atoms. The molecular weight excluding hydrogens is 354 g/mol. The quantitative estimate of drug-likeness (QED) is 0.649.